The van der Waals surface area contributed by atoms with Crippen molar-refractivity contribution < 1.29 is 24.4 Å². The van der Waals surface area contributed by atoms with Crippen LogP contribution in [0.15, 0.2) is 71.5 Å². The molecule has 3 heterocycles. The Balaban J connectivity index is 1.64. The predicted molar refractivity (Wildman–Crippen MR) is 142 cm³/mol. The van der Waals surface area contributed by atoms with Crippen molar-refractivity contribution in [2.45, 2.75) is 17.1 Å². The standard InChI is InChI=1S/C29H31BrN2O5/c1-35-24-15-31-16-25-27(24)28(34)23(17-32-11-13-36-14-12-32)22(18-33)26(19-5-3-2-4-6-19)29(28,37-25)20-7-9-21(30)10-8-20/h2-10,15-16,22-23,26,33-34H,11-14,17-18H2,1H3. The van der Waals surface area contributed by atoms with Crippen molar-refractivity contribution >= 4 is 15.9 Å². The van der Waals surface area contributed by atoms with Crippen LogP contribution in [0.4, 0.5) is 0 Å². The van der Waals surface area contributed by atoms with Gasteiger partial charge in [-0.25, -0.2) is 0 Å². The van der Waals surface area contributed by atoms with E-state index >= 15 is 0 Å². The first-order valence-corrected chi connectivity index (χ1v) is 13.5. The Morgan fingerprint density at radius 1 is 1.08 bits per heavy atom. The van der Waals surface area contributed by atoms with Crippen molar-refractivity contribution in [3.05, 3.63) is 88.2 Å². The van der Waals surface area contributed by atoms with Crippen LogP contribution in [0.3, 0.4) is 0 Å². The molecule has 0 bridgehead atoms. The van der Waals surface area contributed by atoms with Crippen LogP contribution >= 0.6 is 15.9 Å². The number of benzene rings is 2. The highest BCUT2D eigenvalue weighted by molar-refractivity contribution is 9.10. The van der Waals surface area contributed by atoms with Gasteiger partial charge in [-0.1, -0.05) is 58.4 Å². The molecule has 1 saturated carbocycles. The molecular formula is C29H31BrN2O5. The molecule has 1 aliphatic carbocycles. The fourth-order valence-corrected chi connectivity index (χ4v) is 7.20. The zero-order chi connectivity index (χ0) is 25.6. The number of halogens is 1. The molecule has 2 aliphatic heterocycles. The van der Waals surface area contributed by atoms with Gasteiger partial charge in [0.2, 0.25) is 0 Å². The zero-order valence-electron chi connectivity index (χ0n) is 20.7. The lowest BCUT2D eigenvalue weighted by Gasteiger charge is -2.42. The van der Waals surface area contributed by atoms with Crippen molar-refractivity contribution in [3.63, 3.8) is 0 Å². The Labute approximate surface area is 225 Å². The molecule has 1 saturated heterocycles. The summed E-state index contributed by atoms with van der Waals surface area (Å²) in [5, 5.41) is 24.3. The van der Waals surface area contributed by atoms with Crippen LogP contribution in [0.2, 0.25) is 0 Å². The lowest BCUT2D eigenvalue weighted by atomic mass is 9.70. The Hall–Kier alpha value is -2.49. The molecule has 3 aliphatic rings. The van der Waals surface area contributed by atoms with Gasteiger partial charge in [0, 0.05) is 48.5 Å². The van der Waals surface area contributed by atoms with Crippen LogP contribution in [0.1, 0.15) is 22.6 Å². The van der Waals surface area contributed by atoms with E-state index < -0.39 is 11.2 Å². The van der Waals surface area contributed by atoms with Gasteiger partial charge >= 0.3 is 0 Å². The summed E-state index contributed by atoms with van der Waals surface area (Å²) in [5.41, 5.74) is -0.266. The van der Waals surface area contributed by atoms with Crippen LogP contribution < -0.4 is 9.47 Å². The number of aliphatic hydroxyl groups excluding tert-OH is 1. The van der Waals surface area contributed by atoms with Gasteiger partial charge in [-0.2, -0.15) is 0 Å². The molecular weight excluding hydrogens is 536 g/mol. The van der Waals surface area contributed by atoms with E-state index in [9.17, 15) is 10.2 Å². The summed E-state index contributed by atoms with van der Waals surface area (Å²) < 4.78 is 19.3. The number of aliphatic hydroxyl groups is 2. The maximum Gasteiger partial charge on any atom is 0.174 e. The third-order valence-corrected chi connectivity index (χ3v) is 8.96. The number of hydrogen-bond donors (Lipinski definition) is 2. The summed E-state index contributed by atoms with van der Waals surface area (Å²) in [7, 11) is 1.59. The third-order valence-electron chi connectivity index (χ3n) is 8.44. The number of nitrogens with zero attached hydrogens (tertiary/aromatic N) is 2. The van der Waals surface area contributed by atoms with E-state index in [1.54, 1.807) is 19.5 Å². The van der Waals surface area contributed by atoms with Crippen LogP contribution in [0.25, 0.3) is 0 Å². The summed E-state index contributed by atoms with van der Waals surface area (Å²) in [5.74, 6) is 0.00497. The number of ether oxygens (including phenoxy) is 3. The molecule has 1 aromatic heterocycles. The molecule has 3 aromatic rings. The fraction of sp³-hybridized carbons (Fsp3) is 0.414. The number of methoxy groups -OCH3 is 1. The number of hydrogen-bond acceptors (Lipinski definition) is 7. The number of rotatable bonds is 6. The second-order valence-corrected chi connectivity index (χ2v) is 11.0. The molecule has 0 amide bonds. The van der Waals surface area contributed by atoms with E-state index in [-0.39, 0.29) is 24.4 Å². The van der Waals surface area contributed by atoms with Crippen molar-refractivity contribution in [2.75, 3.05) is 46.6 Å². The molecule has 0 spiro atoms. The number of aromatic nitrogens is 1. The van der Waals surface area contributed by atoms with Gasteiger partial charge in [-0.05, 0) is 23.3 Å². The molecule has 194 valence electrons. The zero-order valence-corrected chi connectivity index (χ0v) is 22.3. The van der Waals surface area contributed by atoms with E-state index in [4.69, 9.17) is 14.2 Å². The van der Waals surface area contributed by atoms with Gasteiger partial charge in [0.15, 0.2) is 5.60 Å². The lowest BCUT2D eigenvalue weighted by Crippen LogP contribution is -2.53. The molecule has 0 radical (unpaired) electrons. The summed E-state index contributed by atoms with van der Waals surface area (Å²) in [6.45, 7) is 3.33. The summed E-state index contributed by atoms with van der Waals surface area (Å²) in [4.78, 5) is 6.68. The molecule has 5 atom stereocenters. The minimum Gasteiger partial charge on any atom is -0.495 e. The largest absolute Gasteiger partial charge is 0.495 e. The van der Waals surface area contributed by atoms with E-state index in [1.807, 2.05) is 42.5 Å². The van der Waals surface area contributed by atoms with Gasteiger partial charge in [0.1, 0.15) is 17.1 Å². The highest BCUT2D eigenvalue weighted by Gasteiger charge is 2.76. The van der Waals surface area contributed by atoms with Crippen LogP contribution in [-0.2, 0) is 15.9 Å². The minimum absolute atomic E-state index is 0.0960. The van der Waals surface area contributed by atoms with Gasteiger partial charge in [0.05, 0.1) is 38.3 Å². The number of fused-ring (bicyclic) bond motifs is 3. The van der Waals surface area contributed by atoms with Crippen molar-refractivity contribution in [1.82, 2.24) is 9.88 Å². The molecule has 2 aromatic carbocycles. The number of morpholine rings is 1. The van der Waals surface area contributed by atoms with Gasteiger partial charge in [-0.3, -0.25) is 9.88 Å². The predicted octanol–water partition coefficient (Wildman–Crippen LogP) is 3.68. The van der Waals surface area contributed by atoms with Crippen LogP contribution in [0, 0.1) is 11.8 Å². The van der Waals surface area contributed by atoms with E-state index in [1.165, 1.54) is 0 Å². The van der Waals surface area contributed by atoms with Crippen molar-refractivity contribution in [2.24, 2.45) is 11.8 Å². The molecule has 5 unspecified atom stereocenters. The first kappa shape index (κ1) is 24.8. The quantitative estimate of drug-likeness (QED) is 0.470. The lowest BCUT2D eigenvalue weighted by molar-refractivity contribution is -0.135. The normalized spacial score (nSPS) is 31.0. The highest BCUT2D eigenvalue weighted by atomic mass is 79.9. The highest BCUT2D eigenvalue weighted by Crippen LogP contribution is 2.71. The maximum atomic E-state index is 13.3. The average Bonchev–Trinajstić information content (AvgIpc) is 3.32. The van der Waals surface area contributed by atoms with Gasteiger partial charge in [-0.15, -0.1) is 0 Å². The first-order valence-electron chi connectivity index (χ1n) is 12.7. The van der Waals surface area contributed by atoms with Gasteiger partial charge in [0.25, 0.3) is 0 Å². The maximum absolute atomic E-state index is 13.3. The van der Waals surface area contributed by atoms with E-state index in [0.717, 1.165) is 28.7 Å². The number of pyridine rings is 1. The minimum atomic E-state index is -1.50. The molecule has 2 N–H and O–H groups in total. The smallest absolute Gasteiger partial charge is 0.174 e. The first-order chi connectivity index (χ1) is 18.0. The van der Waals surface area contributed by atoms with Crippen LogP contribution in [0.5, 0.6) is 11.5 Å². The summed E-state index contributed by atoms with van der Waals surface area (Å²) >= 11 is 3.56. The topological polar surface area (TPSA) is 84.3 Å². The molecule has 2 fully saturated rings. The van der Waals surface area contributed by atoms with E-state index in [0.29, 0.717) is 36.8 Å². The Morgan fingerprint density at radius 2 is 1.81 bits per heavy atom. The second-order valence-electron chi connectivity index (χ2n) is 10.1. The van der Waals surface area contributed by atoms with Crippen LogP contribution in [-0.4, -0.2) is 66.7 Å². The Kier molecular flexibility index (Phi) is 6.49. The monoisotopic (exact) mass is 566 g/mol. The van der Waals surface area contributed by atoms with Crippen molar-refractivity contribution in [1.29, 1.82) is 0 Å². The third kappa shape index (κ3) is 3.65. The molecule has 7 nitrogen and oxygen atoms in total. The Morgan fingerprint density at radius 3 is 2.49 bits per heavy atom. The average molecular weight is 567 g/mol. The SMILES string of the molecule is COc1cncc2c1C1(O)C(CN3CCOCC3)C(CO)C(c3ccccc3)C1(c1ccc(Br)cc1)O2. The molecule has 8 heteroatoms. The summed E-state index contributed by atoms with van der Waals surface area (Å²) in [6, 6.07) is 18.0. The fourth-order valence-electron chi connectivity index (χ4n) is 6.93. The Bertz CT molecular complexity index is 1250. The molecule has 6 rings (SSSR count). The second kappa shape index (κ2) is 9.67. The van der Waals surface area contributed by atoms with Gasteiger partial charge < -0.3 is 24.4 Å². The van der Waals surface area contributed by atoms with Crippen molar-refractivity contribution in [3.8, 4) is 11.5 Å². The summed E-state index contributed by atoms with van der Waals surface area (Å²) in [6.07, 6.45) is 3.30. The van der Waals surface area contributed by atoms with E-state index in [2.05, 4.69) is 37.9 Å². The molecule has 37 heavy (non-hydrogen) atoms.